The maximum atomic E-state index is 9.83. The number of thioether (sulfide) groups is 1. The number of furan rings is 1. The number of hydrogen-bond acceptors (Lipinski definition) is 4. The van der Waals surface area contributed by atoms with Crippen molar-refractivity contribution in [3.05, 3.63) is 24.2 Å². The minimum absolute atomic E-state index is 0.525. The molecule has 1 aliphatic rings. The van der Waals surface area contributed by atoms with Gasteiger partial charge in [0.2, 0.25) is 0 Å². The SMILES string of the molecule is CSC1CCC(NCC(O)c2ccco2)C1. The molecule has 2 rings (SSSR count). The number of hydrogen-bond donors (Lipinski definition) is 2. The second-order valence-electron chi connectivity index (χ2n) is 4.31. The van der Waals surface area contributed by atoms with E-state index < -0.39 is 6.10 Å². The Bertz CT molecular complexity index is 302. The van der Waals surface area contributed by atoms with E-state index in [-0.39, 0.29) is 0 Å². The third kappa shape index (κ3) is 3.03. The van der Waals surface area contributed by atoms with E-state index in [4.69, 9.17) is 4.42 Å². The lowest BCUT2D eigenvalue weighted by Gasteiger charge is -2.15. The van der Waals surface area contributed by atoms with Crippen molar-refractivity contribution in [2.24, 2.45) is 0 Å². The highest BCUT2D eigenvalue weighted by Crippen LogP contribution is 2.28. The first-order valence-corrected chi connectivity index (χ1v) is 7.06. The van der Waals surface area contributed by atoms with Gasteiger partial charge in [-0.25, -0.2) is 0 Å². The van der Waals surface area contributed by atoms with Gasteiger partial charge >= 0.3 is 0 Å². The van der Waals surface area contributed by atoms with Crippen LogP contribution in [0.5, 0.6) is 0 Å². The van der Waals surface area contributed by atoms with Crippen LogP contribution in [0, 0.1) is 0 Å². The summed E-state index contributed by atoms with van der Waals surface area (Å²) in [4.78, 5) is 0. The van der Waals surface area contributed by atoms with Gasteiger partial charge in [-0.3, -0.25) is 0 Å². The molecule has 3 unspecified atom stereocenters. The molecule has 0 radical (unpaired) electrons. The fourth-order valence-corrected chi connectivity index (χ4v) is 3.00. The molecule has 1 aliphatic carbocycles. The molecule has 3 atom stereocenters. The van der Waals surface area contributed by atoms with Crippen molar-refractivity contribution in [3.8, 4) is 0 Å². The van der Waals surface area contributed by atoms with Crippen molar-refractivity contribution in [1.29, 1.82) is 0 Å². The molecule has 1 heterocycles. The first-order chi connectivity index (χ1) is 7.79. The topological polar surface area (TPSA) is 45.4 Å². The predicted octanol–water partition coefficient (Wildman–Crippen LogP) is 2.19. The summed E-state index contributed by atoms with van der Waals surface area (Å²) in [5.41, 5.74) is 0. The zero-order chi connectivity index (χ0) is 11.4. The molecule has 0 bridgehead atoms. The number of aliphatic hydroxyl groups is 1. The molecule has 0 saturated heterocycles. The summed E-state index contributed by atoms with van der Waals surface area (Å²) in [5, 5.41) is 14.0. The Morgan fingerprint density at radius 1 is 1.62 bits per heavy atom. The summed E-state index contributed by atoms with van der Waals surface area (Å²) >= 11 is 1.95. The minimum Gasteiger partial charge on any atom is -0.467 e. The van der Waals surface area contributed by atoms with Gasteiger partial charge in [0.1, 0.15) is 11.9 Å². The summed E-state index contributed by atoms with van der Waals surface area (Å²) in [7, 11) is 0. The smallest absolute Gasteiger partial charge is 0.133 e. The van der Waals surface area contributed by atoms with Crippen LogP contribution in [0.3, 0.4) is 0 Å². The van der Waals surface area contributed by atoms with Crippen molar-refractivity contribution in [2.75, 3.05) is 12.8 Å². The molecule has 90 valence electrons. The van der Waals surface area contributed by atoms with Gasteiger partial charge in [0.05, 0.1) is 6.26 Å². The van der Waals surface area contributed by atoms with Gasteiger partial charge in [0.15, 0.2) is 0 Å². The largest absolute Gasteiger partial charge is 0.467 e. The van der Waals surface area contributed by atoms with E-state index in [2.05, 4.69) is 11.6 Å². The average Bonchev–Trinajstić information content (AvgIpc) is 2.96. The Hall–Kier alpha value is -0.450. The van der Waals surface area contributed by atoms with Gasteiger partial charge in [-0.15, -0.1) is 0 Å². The molecular weight excluding hydrogens is 222 g/mol. The Labute approximate surface area is 101 Å². The lowest BCUT2D eigenvalue weighted by Crippen LogP contribution is -2.30. The van der Waals surface area contributed by atoms with Crippen molar-refractivity contribution in [1.82, 2.24) is 5.32 Å². The zero-order valence-corrected chi connectivity index (χ0v) is 10.4. The zero-order valence-electron chi connectivity index (χ0n) is 9.56. The molecule has 2 N–H and O–H groups in total. The Kier molecular flexibility index (Phi) is 4.32. The first kappa shape index (κ1) is 12.0. The van der Waals surface area contributed by atoms with Crippen molar-refractivity contribution < 1.29 is 9.52 Å². The normalized spacial score (nSPS) is 27.1. The van der Waals surface area contributed by atoms with E-state index >= 15 is 0 Å². The molecule has 3 nitrogen and oxygen atoms in total. The van der Waals surface area contributed by atoms with Crippen LogP contribution in [0.4, 0.5) is 0 Å². The van der Waals surface area contributed by atoms with Crippen LogP contribution in [-0.2, 0) is 0 Å². The van der Waals surface area contributed by atoms with E-state index in [1.807, 2.05) is 17.8 Å². The average molecular weight is 241 g/mol. The Morgan fingerprint density at radius 3 is 3.12 bits per heavy atom. The highest BCUT2D eigenvalue weighted by Gasteiger charge is 2.24. The highest BCUT2D eigenvalue weighted by molar-refractivity contribution is 7.99. The van der Waals surface area contributed by atoms with Gasteiger partial charge in [-0.05, 0) is 37.7 Å². The molecule has 1 fully saturated rings. The van der Waals surface area contributed by atoms with Crippen molar-refractivity contribution in [2.45, 2.75) is 36.7 Å². The molecule has 0 amide bonds. The van der Waals surface area contributed by atoms with E-state index in [0.29, 0.717) is 18.3 Å². The van der Waals surface area contributed by atoms with Crippen LogP contribution in [0.15, 0.2) is 22.8 Å². The fraction of sp³-hybridized carbons (Fsp3) is 0.667. The molecular formula is C12H19NO2S. The molecule has 0 aromatic carbocycles. The molecule has 16 heavy (non-hydrogen) atoms. The van der Waals surface area contributed by atoms with Gasteiger partial charge in [0.25, 0.3) is 0 Å². The summed E-state index contributed by atoms with van der Waals surface area (Å²) in [6, 6.07) is 4.17. The van der Waals surface area contributed by atoms with Crippen LogP contribution in [0.1, 0.15) is 31.1 Å². The fourth-order valence-electron chi connectivity index (χ4n) is 2.20. The summed E-state index contributed by atoms with van der Waals surface area (Å²) in [5.74, 6) is 0.645. The first-order valence-electron chi connectivity index (χ1n) is 5.77. The van der Waals surface area contributed by atoms with Crippen molar-refractivity contribution >= 4 is 11.8 Å². The summed E-state index contributed by atoms with van der Waals surface area (Å²) < 4.78 is 5.16. The van der Waals surface area contributed by atoms with Crippen LogP contribution < -0.4 is 5.32 Å². The van der Waals surface area contributed by atoms with E-state index in [1.54, 1.807) is 12.3 Å². The van der Waals surface area contributed by atoms with Gasteiger partial charge < -0.3 is 14.8 Å². The van der Waals surface area contributed by atoms with Gasteiger partial charge in [0, 0.05) is 17.8 Å². The third-order valence-corrected chi connectivity index (χ3v) is 4.28. The molecule has 1 aromatic rings. The van der Waals surface area contributed by atoms with Crippen LogP contribution in [0.2, 0.25) is 0 Å². The van der Waals surface area contributed by atoms with Crippen LogP contribution in [0.25, 0.3) is 0 Å². The summed E-state index contributed by atoms with van der Waals surface area (Å²) in [6.45, 7) is 0.583. The predicted molar refractivity (Wildman–Crippen MR) is 66.6 cm³/mol. The summed E-state index contributed by atoms with van der Waals surface area (Å²) in [6.07, 6.45) is 6.96. The Balaban J connectivity index is 1.72. The second kappa shape index (κ2) is 5.75. The van der Waals surface area contributed by atoms with E-state index in [1.165, 1.54) is 19.3 Å². The van der Waals surface area contributed by atoms with E-state index in [9.17, 15) is 5.11 Å². The maximum Gasteiger partial charge on any atom is 0.133 e. The maximum absolute atomic E-state index is 9.83. The molecule has 0 spiro atoms. The van der Waals surface area contributed by atoms with Crippen molar-refractivity contribution in [3.63, 3.8) is 0 Å². The molecule has 4 heteroatoms. The van der Waals surface area contributed by atoms with Gasteiger partial charge in [-0.1, -0.05) is 0 Å². The lowest BCUT2D eigenvalue weighted by molar-refractivity contribution is 0.143. The monoisotopic (exact) mass is 241 g/mol. The molecule has 1 saturated carbocycles. The number of rotatable bonds is 5. The quantitative estimate of drug-likeness (QED) is 0.829. The van der Waals surface area contributed by atoms with E-state index in [0.717, 1.165) is 5.25 Å². The third-order valence-electron chi connectivity index (χ3n) is 3.19. The second-order valence-corrected chi connectivity index (χ2v) is 5.45. The number of aliphatic hydroxyl groups excluding tert-OH is 1. The molecule has 1 aromatic heterocycles. The van der Waals surface area contributed by atoms with Crippen LogP contribution >= 0.6 is 11.8 Å². The minimum atomic E-state index is -0.525. The van der Waals surface area contributed by atoms with Crippen LogP contribution in [-0.4, -0.2) is 29.2 Å². The number of nitrogens with one attached hydrogen (secondary N) is 1. The van der Waals surface area contributed by atoms with Gasteiger partial charge in [-0.2, -0.15) is 11.8 Å². The Morgan fingerprint density at radius 2 is 2.50 bits per heavy atom. The standard InChI is InChI=1S/C12H19NO2S/c1-16-10-5-4-9(7-10)13-8-11(14)12-3-2-6-15-12/h2-3,6,9-11,13-14H,4-5,7-8H2,1H3. The molecule has 0 aliphatic heterocycles. The lowest BCUT2D eigenvalue weighted by atomic mass is 10.2. The highest BCUT2D eigenvalue weighted by atomic mass is 32.2.